The summed E-state index contributed by atoms with van der Waals surface area (Å²) in [6.07, 6.45) is 0. The summed E-state index contributed by atoms with van der Waals surface area (Å²) in [6, 6.07) is 20.7. The molecule has 0 aliphatic heterocycles. The van der Waals surface area contributed by atoms with Crippen LogP contribution in [0.3, 0.4) is 0 Å². The number of rotatable bonds is 6. The van der Waals surface area contributed by atoms with Gasteiger partial charge in [0.2, 0.25) is 11.6 Å². The molecule has 3 aromatic carbocycles. The molecule has 3 aromatic rings. The molecular formula is C24H18N2O5. The molecule has 31 heavy (non-hydrogen) atoms. The molecule has 0 bridgehead atoms. The monoisotopic (exact) mass is 414 g/mol. The quantitative estimate of drug-likeness (QED) is 0.356. The number of ketones is 2. The molecular weight excluding hydrogens is 396 g/mol. The van der Waals surface area contributed by atoms with E-state index in [-0.39, 0.29) is 28.1 Å². The lowest BCUT2D eigenvalue weighted by Crippen LogP contribution is -2.33. The standard InChI is InChI=1S/C24H18N2O5/c27-22-18-8-4-5-9-19(18)23(28)24(29)20(22)21(25-14-15-6-2-1-3-7-15)16-10-12-17(13-11-16)26(30)31/h1-13,21,25,27H,14H2. The first kappa shape index (κ1) is 20.2. The molecule has 1 atom stereocenters. The first-order chi connectivity index (χ1) is 15.0. The van der Waals surface area contributed by atoms with Gasteiger partial charge < -0.3 is 10.4 Å². The Morgan fingerprint density at radius 1 is 0.839 bits per heavy atom. The molecule has 154 valence electrons. The lowest BCUT2D eigenvalue weighted by Gasteiger charge is -2.26. The molecule has 0 amide bonds. The summed E-state index contributed by atoms with van der Waals surface area (Å²) in [5.74, 6) is -1.78. The zero-order chi connectivity index (χ0) is 22.0. The van der Waals surface area contributed by atoms with Crippen LogP contribution in [0.25, 0.3) is 5.76 Å². The number of nitrogens with zero attached hydrogens (tertiary/aromatic N) is 1. The molecule has 7 nitrogen and oxygen atoms in total. The van der Waals surface area contributed by atoms with E-state index in [9.17, 15) is 24.8 Å². The second kappa shape index (κ2) is 8.33. The van der Waals surface area contributed by atoms with Gasteiger partial charge in [-0.3, -0.25) is 19.7 Å². The Morgan fingerprint density at radius 3 is 2.10 bits per heavy atom. The van der Waals surface area contributed by atoms with Gasteiger partial charge in [-0.15, -0.1) is 0 Å². The fourth-order valence-corrected chi connectivity index (χ4v) is 3.64. The van der Waals surface area contributed by atoms with Crippen molar-refractivity contribution in [1.29, 1.82) is 0 Å². The lowest BCUT2D eigenvalue weighted by atomic mass is 9.83. The number of benzene rings is 3. The highest BCUT2D eigenvalue weighted by atomic mass is 16.6. The lowest BCUT2D eigenvalue weighted by molar-refractivity contribution is -0.384. The Bertz CT molecular complexity index is 1200. The minimum Gasteiger partial charge on any atom is -0.507 e. The predicted octanol–water partition coefficient (Wildman–Crippen LogP) is 4.16. The summed E-state index contributed by atoms with van der Waals surface area (Å²) in [5, 5.41) is 25.2. The number of Topliss-reactive ketones (excluding diaryl/α,β-unsaturated/α-hetero) is 2. The van der Waals surface area contributed by atoms with Crippen molar-refractivity contribution in [3.05, 3.63) is 117 Å². The van der Waals surface area contributed by atoms with Crippen molar-refractivity contribution >= 4 is 23.0 Å². The van der Waals surface area contributed by atoms with Crippen LogP contribution in [-0.2, 0) is 11.3 Å². The molecule has 0 spiro atoms. The molecule has 0 aromatic heterocycles. The van der Waals surface area contributed by atoms with Gasteiger partial charge in [0.05, 0.1) is 16.5 Å². The molecule has 0 radical (unpaired) electrons. The van der Waals surface area contributed by atoms with E-state index in [1.165, 1.54) is 30.3 Å². The second-order valence-electron chi connectivity index (χ2n) is 7.11. The predicted molar refractivity (Wildman–Crippen MR) is 114 cm³/mol. The third kappa shape index (κ3) is 3.86. The number of aliphatic hydroxyl groups excluding tert-OH is 1. The molecule has 7 heteroatoms. The van der Waals surface area contributed by atoms with Crippen molar-refractivity contribution in [2.24, 2.45) is 0 Å². The van der Waals surface area contributed by atoms with Gasteiger partial charge in [-0.2, -0.15) is 0 Å². The van der Waals surface area contributed by atoms with Crippen LogP contribution in [0, 0.1) is 10.1 Å². The van der Waals surface area contributed by atoms with Crippen molar-refractivity contribution in [3.63, 3.8) is 0 Å². The Balaban J connectivity index is 1.80. The van der Waals surface area contributed by atoms with Crippen LogP contribution < -0.4 is 5.32 Å². The molecule has 2 N–H and O–H groups in total. The number of carbonyl (C=O) groups is 2. The first-order valence-corrected chi connectivity index (χ1v) is 9.60. The van der Waals surface area contributed by atoms with E-state index < -0.39 is 22.5 Å². The molecule has 4 rings (SSSR count). The van der Waals surface area contributed by atoms with Crippen molar-refractivity contribution in [1.82, 2.24) is 5.32 Å². The number of aliphatic hydroxyl groups is 1. The van der Waals surface area contributed by atoms with Gasteiger partial charge in [0.25, 0.3) is 5.69 Å². The zero-order valence-electron chi connectivity index (χ0n) is 16.3. The highest BCUT2D eigenvalue weighted by Crippen LogP contribution is 2.35. The van der Waals surface area contributed by atoms with Gasteiger partial charge in [-0.1, -0.05) is 66.7 Å². The number of nitro groups is 1. The molecule has 1 aliphatic carbocycles. The number of nitro benzene ring substituents is 1. The molecule has 0 saturated carbocycles. The number of carbonyl (C=O) groups excluding carboxylic acids is 2. The average Bonchev–Trinajstić information content (AvgIpc) is 2.80. The van der Waals surface area contributed by atoms with Gasteiger partial charge in [-0.05, 0) is 11.1 Å². The van der Waals surface area contributed by atoms with Crippen molar-refractivity contribution in [2.45, 2.75) is 12.6 Å². The Labute approximate surface area is 177 Å². The van der Waals surface area contributed by atoms with Gasteiger partial charge in [0.1, 0.15) is 5.76 Å². The van der Waals surface area contributed by atoms with Gasteiger partial charge in [0, 0.05) is 29.8 Å². The van der Waals surface area contributed by atoms with E-state index in [2.05, 4.69) is 5.32 Å². The van der Waals surface area contributed by atoms with Gasteiger partial charge in [-0.25, -0.2) is 0 Å². The Kier molecular flexibility index (Phi) is 5.43. The smallest absolute Gasteiger partial charge is 0.269 e. The van der Waals surface area contributed by atoms with E-state index in [1.54, 1.807) is 18.2 Å². The molecule has 0 heterocycles. The number of non-ortho nitro benzene ring substituents is 1. The maximum absolute atomic E-state index is 13.0. The van der Waals surface area contributed by atoms with E-state index in [4.69, 9.17) is 0 Å². The summed E-state index contributed by atoms with van der Waals surface area (Å²) in [7, 11) is 0. The van der Waals surface area contributed by atoms with Crippen LogP contribution >= 0.6 is 0 Å². The summed E-state index contributed by atoms with van der Waals surface area (Å²) >= 11 is 0. The Morgan fingerprint density at radius 2 is 1.45 bits per heavy atom. The Hall–Kier alpha value is -4.10. The number of nitrogens with one attached hydrogen (secondary N) is 1. The minimum atomic E-state index is -0.842. The molecule has 1 unspecified atom stereocenters. The second-order valence-corrected chi connectivity index (χ2v) is 7.11. The zero-order valence-corrected chi connectivity index (χ0v) is 16.3. The maximum atomic E-state index is 13.0. The highest BCUT2D eigenvalue weighted by molar-refractivity contribution is 6.52. The van der Waals surface area contributed by atoms with E-state index in [0.717, 1.165) is 5.56 Å². The summed E-state index contributed by atoms with van der Waals surface area (Å²) in [4.78, 5) is 36.2. The summed E-state index contributed by atoms with van der Waals surface area (Å²) < 4.78 is 0. The number of hydrogen-bond donors (Lipinski definition) is 2. The SMILES string of the molecule is O=C1C(=O)c2ccccc2C(O)=C1C(NCc1ccccc1)c1ccc([N+](=O)[O-])cc1. The van der Waals surface area contributed by atoms with Crippen LogP contribution in [0.15, 0.2) is 84.4 Å². The van der Waals surface area contributed by atoms with Crippen LogP contribution in [0.5, 0.6) is 0 Å². The normalized spacial score (nSPS) is 14.3. The summed E-state index contributed by atoms with van der Waals surface area (Å²) in [5.41, 5.74) is 1.72. The fourth-order valence-electron chi connectivity index (χ4n) is 3.64. The minimum absolute atomic E-state index is 0.0755. The van der Waals surface area contributed by atoms with E-state index in [1.807, 2.05) is 30.3 Å². The van der Waals surface area contributed by atoms with E-state index in [0.29, 0.717) is 12.1 Å². The number of hydrogen-bond acceptors (Lipinski definition) is 6. The van der Waals surface area contributed by atoms with Gasteiger partial charge >= 0.3 is 0 Å². The van der Waals surface area contributed by atoms with Crippen LogP contribution in [-0.4, -0.2) is 21.6 Å². The van der Waals surface area contributed by atoms with Gasteiger partial charge in [0.15, 0.2) is 0 Å². The fraction of sp³-hybridized carbons (Fsp3) is 0.0833. The molecule has 0 saturated heterocycles. The average molecular weight is 414 g/mol. The molecule has 0 fully saturated rings. The third-order valence-corrected chi connectivity index (χ3v) is 5.21. The van der Waals surface area contributed by atoms with E-state index >= 15 is 0 Å². The van der Waals surface area contributed by atoms with Crippen molar-refractivity contribution in [2.75, 3.05) is 0 Å². The van der Waals surface area contributed by atoms with Crippen LogP contribution in [0.4, 0.5) is 5.69 Å². The maximum Gasteiger partial charge on any atom is 0.269 e. The topological polar surface area (TPSA) is 110 Å². The molecule has 1 aliphatic rings. The number of fused-ring (bicyclic) bond motifs is 1. The van der Waals surface area contributed by atoms with Crippen LogP contribution in [0.1, 0.15) is 33.1 Å². The summed E-state index contributed by atoms with van der Waals surface area (Å²) in [6.45, 7) is 0.350. The first-order valence-electron chi connectivity index (χ1n) is 9.60. The van der Waals surface area contributed by atoms with Crippen molar-refractivity contribution in [3.8, 4) is 0 Å². The highest BCUT2D eigenvalue weighted by Gasteiger charge is 2.37. The third-order valence-electron chi connectivity index (χ3n) is 5.21. The van der Waals surface area contributed by atoms with Crippen molar-refractivity contribution < 1.29 is 19.6 Å². The van der Waals surface area contributed by atoms with Crippen LogP contribution in [0.2, 0.25) is 0 Å². The largest absolute Gasteiger partial charge is 0.507 e.